The van der Waals surface area contributed by atoms with Gasteiger partial charge in [-0.3, -0.25) is 9.59 Å². The van der Waals surface area contributed by atoms with Crippen LogP contribution in [-0.4, -0.2) is 32.2 Å². The average Bonchev–Trinajstić information content (AvgIpc) is 2.74. The standard InChI is InChI=1S/C17H16N2O4S2/c1-25(22,23)13-4-2-3-12(10-13)18-17(21)11-5-6-15-14(9-11)19-16(20)7-8-24-15/h2-6,9-10H,7-8H2,1H3,(H,18,21)(H,19,20). The van der Waals surface area contributed by atoms with E-state index in [0.29, 0.717) is 29.1 Å². The van der Waals surface area contributed by atoms with Crippen LogP contribution in [0, 0.1) is 0 Å². The normalized spacial score (nSPS) is 14.2. The molecule has 0 radical (unpaired) electrons. The van der Waals surface area contributed by atoms with Crippen LogP contribution >= 0.6 is 11.8 Å². The summed E-state index contributed by atoms with van der Waals surface area (Å²) in [6, 6.07) is 11.2. The molecule has 2 aromatic carbocycles. The predicted octanol–water partition coefficient (Wildman–Crippen LogP) is 2.78. The summed E-state index contributed by atoms with van der Waals surface area (Å²) in [6.45, 7) is 0. The third-order valence-corrected chi connectivity index (χ3v) is 5.81. The topological polar surface area (TPSA) is 92.3 Å². The summed E-state index contributed by atoms with van der Waals surface area (Å²) >= 11 is 1.56. The van der Waals surface area contributed by atoms with E-state index in [2.05, 4.69) is 10.6 Å². The third-order valence-electron chi connectivity index (χ3n) is 3.62. The minimum absolute atomic E-state index is 0.0790. The maximum Gasteiger partial charge on any atom is 0.255 e. The monoisotopic (exact) mass is 376 g/mol. The molecule has 2 aromatic rings. The molecule has 25 heavy (non-hydrogen) atoms. The highest BCUT2D eigenvalue weighted by Gasteiger charge is 2.16. The first-order chi connectivity index (χ1) is 11.8. The van der Waals surface area contributed by atoms with Gasteiger partial charge in [-0.25, -0.2) is 8.42 Å². The lowest BCUT2D eigenvalue weighted by Gasteiger charge is -2.10. The lowest BCUT2D eigenvalue weighted by Crippen LogP contribution is -2.14. The molecule has 1 heterocycles. The number of fused-ring (bicyclic) bond motifs is 1. The molecule has 0 saturated heterocycles. The highest BCUT2D eigenvalue weighted by molar-refractivity contribution is 7.99. The maximum atomic E-state index is 12.4. The molecule has 6 nitrogen and oxygen atoms in total. The van der Waals surface area contributed by atoms with Crippen molar-refractivity contribution in [1.29, 1.82) is 0 Å². The van der Waals surface area contributed by atoms with Gasteiger partial charge in [-0.15, -0.1) is 11.8 Å². The van der Waals surface area contributed by atoms with Crippen molar-refractivity contribution < 1.29 is 18.0 Å². The van der Waals surface area contributed by atoms with Crippen molar-refractivity contribution in [2.75, 3.05) is 22.6 Å². The number of amides is 2. The van der Waals surface area contributed by atoms with Crippen LogP contribution in [0.4, 0.5) is 11.4 Å². The van der Waals surface area contributed by atoms with E-state index in [-0.39, 0.29) is 16.7 Å². The van der Waals surface area contributed by atoms with Gasteiger partial charge in [0.1, 0.15) is 0 Å². The molecule has 0 bridgehead atoms. The highest BCUT2D eigenvalue weighted by Crippen LogP contribution is 2.31. The quantitative estimate of drug-likeness (QED) is 0.859. The van der Waals surface area contributed by atoms with Crippen LogP contribution < -0.4 is 10.6 Å². The van der Waals surface area contributed by atoms with Crippen molar-refractivity contribution in [3.63, 3.8) is 0 Å². The maximum absolute atomic E-state index is 12.4. The molecule has 0 aromatic heterocycles. The Hall–Kier alpha value is -2.32. The molecule has 1 aliphatic rings. The number of rotatable bonds is 3. The van der Waals surface area contributed by atoms with Gasteiger partial charge in [-0.1, -0.05) is 6.07 Å². The van der Waals surface area contributed by atoms with E-state index in [1.807, 2.05) is 0 Å². The zero-order valence-corrected chi connectivity index (χ0v) is 15.0. The SMILES string of the molecule is CS(=O)(=O)c1cccc(NC(=O)c2ccc3c(c2)NC(=O)CCS3)c1. The predicted molar refractivity (Wildman–Crippen MR) is 97.9 cm³/mol. The number of sulfone groups is 1. The number of hydrogen-bond acceptors (Lipinski definition) is 5. The zero-order chi connectivity index (χ0) is 18.0. The molecule has 1 aliphatic heterocycles. The van der Waals surface area contributed by atoms with E-state index in [4.69, 9.17) is 0 Å². The Morgan fingerprint density at radius 2 is 2.00 bits per heavy atom. The molecule has 0 unspecified atom stereocenters. The molecule has 130 valence electrons. The Morgan fingerprint density at radius 3 is 2.76 bits per heavy atom. The van der Waals surface area contributed by atoms with Crippen LogP contribution in [0.15, 0.2) is 52.3 Å². The second-order valence-electron chi connectivity index (χ2n) is 5.61. The van der Waals surface area contributed by atoms with Gasteiger partial charge in [0.25, 0.3) is 5.91 Å². The van der Waals surface area contributed by atoms with E-state index in [1.165, 1.54) is 12.1 Å². The summed E-state index contributed by atoms with van der Waals surface area (Å²) in [6.07, 6.45) is 1.54. The van der Waals surface area contributed by atoms with Crippen molar-refractivity contribution in [3.05, 3.63) is 48.0 Å². The molecule has 0 saturated carbocycles. The van der Waals surface area contributed by atoms with Gasteiger partial charge >= 0.3 is 0 Å². The van der Waals surface area contributed by atoms with Crippen molar-refractivity contribution in [3.8, 4) is 0 Å². The van der Waals surface area contributed by atoms with Gasteiger partial charge in [0.2, 0.25) is 5.91 Å². The van der Waals surface area contributed by atoms with Crippen LogP contribution in [0.2, 0.25) is 0 Å². The molecule has 0 spiro atoms. The van der Waals surface area contributed by atoms with Gasteiger partial charge in [-0.2, -0.15) is 0 Å². The van der Waals surface area contributed by atoms with Gasteiger partial charge in [-0.05, 0) is 36.4 Å². The van der Waals surface area contributed by atoms with E-state index < -0.39 is 9.84 Å². The number of benzene rings is 2. The van der Waals surface area contributed by atoms with E-state index in [0.717, 1.165) is 11.2 Å². The summed E-state index contributed by atoms with van der Waals surface area (Å²) in [5.74, 6) is 0.240. The van der Waals surface area contributed by atoms with Crippen molar-refractivity contribution in [2.45, 2.75) is 16.2 Å². The minimum atomic E-state index is -3.35. The summed E-state index contributed by atoms with van der Waals surface area (Å²) < 4.78 is 23.2. The lowest BCUT2D eigenvalue weighted by molar-refractivity contribution is -0.115. The van der Waals surface area contributed by atoms with Crippen molar-refractivity contribution in [2.24, 2.45) is 0 Å². The Labute approximate surface area is 149 Å². The number of carbonyl (C=O) groups is 2. The highest BCUT2D eigenvalue weighted by atomic mass is 32.2. The molecule has 2 amide bonds. The molecule has 3 rings (SSSR count). The fourth-order valence-electron chi connectivity index (χ4n) is 2.37. The Morgan fingerprint density at radius 1 is 1.20 bits per heavy atom. The number of thioether (sulfide) groups is 1. The number of anilines is 2. The average molecular weight is 376 g/mol. The van der Waals surface area contributed by atoms with Crippen molar-refractivity contribution >= 4 is 44.8 Å². The largest absolute Gasteiger partial charge is 0.325 e. The minimum Gasteiger partial charge on any atom is -0.325 e. The Balaban J connectivity index is 1.84. The Bertz CT molecular complexity index is 955. The van der Waals surface area contributed by atoms with Crippen LogP contribution in [0.5, 0.6) is 0 Å². The van der Waals surface area contributed by atoms with Crippen LogP contribution in [0.1, 0.15) is 16.8 Å². The second kappa shape index (κ2) is 6.89. The molecule has 0 aliphatic carbocycles. The summed E-state index contributed by atoms with van der Waals surface area (Å²) in [5, 5.41) is 5.47. The Kier molecular flexibility index (Phi) is 4.82. The molecule has 2 N–H and O–H groups in total. The molecule has 0 fully saturated rings. The van der Waals surface area contributed by atoms with E-state index >= 15 is 0 Å². The summed E-state index contributed by atoms with van der Waals surface area (Å²) in [4.78, 5) is 25.2. The second-order valence-corrected chi connectivity index (χ2v) is 8.76. The molecule has 0 atom stereocenters. The van der Waals surface area contributed by atoms with Gasteiger partial charge < -0.3 is 10.6 Å². The summed E-state index contributed by atoms with van der Waals surface area (Å²) in [7, 11) is -3.35. The molecule has 8 heteroatoms. The molecular weight excluding hydrogens is 360 g/mol. The van der Waals surface area contributed by atoms with Crippen LogP contribution in [0.3, 0.4) is 0 Å². The van der Waals surface area contributed by atoms with Crippen LogP contribution in [-0.2, 0) is 14.6 Å². The summed E-state index contributed by atoms with van der Waals surface area (Å²) in [5.41, 5.74) is 1.39. The number of hydrogen-bond donors (Lipinski definition) is 2. The fourth-order valence-corrected chi connectivity index (χ4v) is 3.97. The van der Waals surface area contributed by atoms with Gasteiger partial charge in [0.15, 0.2) is 9.84 Å². The molecular formula is C17H16N2O4S2. The zero-order valence-electron chi connectivity index (χ0n) is 13.4. The number of nitrogens with one attached hydrogen (secondary N) is 2. The van der Waals surface area contributed by atoms with Gasteiger partial charge in [0, 0.05) is 34.6 Å². The van der Waals surface area contributed by atoms with Crippen LogP contribution in [0.25, 0.3) is 0 Å². The smallest absolute Gasteiger partial charge is 0.255 e. The first-order valence-electron chi connectivity index (χ1n) is 7.51. The third kappa shape index (κ3) is 4.21. The lowest BCUT2D eigenvalue weighted by atomic mass is 10.1. The van der Waals surface area contributed by atoms with E-state index in [9.17, 15) is 18.0 Å². The van der Waals surface area contributed by atoms with E-state index in [1.54, 1.807) is 42.1 Å². The number of carbonyl (C=O) groups excluding carboxylic acids is 2. The fraction of sp³-hybridized carbons (Fsp3) is 0.176. The first kappa shape index (κ1) is 17.5. The van der Waals surface area contributed by atoms with Crippen molar-refractivity contribution in [1.82, 2.24) is 0 Å². The van der Waals surface area contributed by atoms with Gasteiger partial charge in [0.05, 0.1) is 10.6 Å². The first-order valence-corrected chi connectivity index (χ1v) is 10.4.